The molecule has 0 saturated carbocycles. The van der Waals surface area contributed by atoms with Gasteiger partial charge in [-0.3, -0.25) is 0 Å². The average Bonchev–Trinajstić information content (AvgIpc) is 2.15. The molecule has 0 aromatic carbocycles. The summed E-state index contributed by atoms with van der Waals surface area (Å²) in [7, 11) is 0. The molecule has 0 unspecified atom stereocenters. The molecule has 0 amide bonds. The number of nitriles is 1. The predicted molar refractivity (Wildman–Crippen MR) is 53.6 cm³/mol. The summed E-state index contributed by atoms with van der Waals surface area (Å²) in [5, 5.41) is 17.2. The van der Waals surface area contributed by atoms with Gasteiger partial charge in [0.15, 0.2) is 0 Å². The van der Waals surface area contributed by atoms with Gasteiger partial charge >= 0.3 is 5.97 Å². The number of pyridine rings is 1. The fraction of sp³-hybridized carbons (Fsp3) is 0.125. The average molecular weight is 324 g/mol. The molecule has 0 atom stereocenters. The Bertz CT molecular complexity index is 457. The lowest BCUT2D eigenvalue weighted by atomic mass is 10.1. The molecule has 0 bridgehead atoms. The van der Waals surface area contributed by atoms with E-state index in [0.717, 1.165) is 6.07 Å². The number of hydrogen-bond acceptors (Lipinski definition) is 3. The Morgan fingerprint density at radius 2 is 2.27 bits per heavy atom. The Hall–Kier alpha value is -1.30. The third-order valence-electron chi connectivity index (χ3n) is 1.57. The quantitative estimate of drug-likeness (QED) is 0.668. The Labute approximate surface area is 96.7 Å². The van der Waals surface area contributed by atoms with Crippen molar-refractivity contribution >= 4 is 28.6 Å². The summed E-state index contributed by atoms with van der Waals surface area (Å²) in [6.07, 6.45) is -2.94. The van der Waals surface area contributed by atoms with Crippen molar-refractivity contribution in [3.8, 4) is 6.07 Å². The van der Waals surface area contributed by atoms with Crippen molar-refractivity contribution in [1.29, 1.82) is 5.26 Å². The largest absolute Gasteiger partial charge is 0.478 e. The SMILES string of the molecule is N#Cc1cc(C(F)F)c(C(=O)O)c(I)n1. The highest BCUT2D eigenvalue weighted by Crippen LogP contribution is 2.26. The maximum atomic E-state index is 12.5. The van der Waals surface area contributed by atoms with E-state index in [4.69, 9.17) is 10.4 Å². The Balaban J connectivity index is 3.51. The first-order valence-electron chi connectivity index (χ1n) is 3.59. The van der Waals surface area contributed by atoms with E-state index in [1.807, 2.05) is 0 Å². The van der Waals surface area contributed by atoms with Crippen LogP contribution in [0.1, 0.15) is 28.0 Å². The monoisotopic (exact) mass is 324 g/mol. The van der Waals surface area contributed by atoms with Gasteiger partial charge in [-0.2, -0.15) is 5.26 Å². The molecule has 1 rings (SSSR count). The normalized spacial score (nSPS) is 10.1. The molecule has 1 N–H and O–H groups in total. The summed E-state index contributed by atoms with van der Waals surface area (Å²) in [5.41, 5.74) is -1.46. The molecule has 1 aromatic rings. The fourth-order valence-electron chi connectivity index (χ4n) is 0.974. The lowest BCUT2D eigenvalue weighted by Gasteiger charge is -2.06. The third kappa shape index (κ3) is 2.38. The standard InChI is InChI=1S/C8H3F2IN2O2/c9-6(10)4-1-3(2-12)13-7(11)5(4)8(14)15/h1,6H,(H,14,15). The zero-order valence-electron chi connectivity index (χ0n) is 7.04. The number of carboxylic acids is 1. The second-order valence-electron chi connectivity index (χ2n) is 2.48. The minimum absolute atomic E-state index is 0.116. The molecule has 0 aliphatic heterocycles. The maximum absolute atomic E-state index is 12.5. The predicted octanol–water partition coefficient (Wildman–Crippen LogP) is 2.19. The summed E-state index contributed by atoms with van der Waals surface area (Å²) < 4.78 is 24.8. The second-order valence-corrected chi connectivity index (χ2v) is 3.50. The van der Waals surface area contributed by atoms with Crippen LogP contribution in [0.15, 0.2) is 6.07 Å². The molecule has 7 heteroatoms. The van der Waals surface area contributed by atoms with Crippen molar-refractivity contribution in [2.75, 3.05) is 0 Å². The van der Waals surface area contributed by atoms with E-state index in [1.54, 1.807) is 6.07 Å². The van der Waals surface area contributed by atoms with Gasteiger partial charge in [0.25, 0.3) is 6.43 Å². The van der Waals surface area contributed by atoms with Crippen LogP contribution < -0.4 is 0 Å². The molecule has 1 aromatic heterocycles. The summed E-state index contributed by atoms with van der Waals surface area (Å²) >= 11 is 1.51. The van der Waals surface area contributed by atoms with Crippen molar-refractivity contribution in [2.24, 2.45) is 0 Å². The second kappa shape index (κ2) is 4.48. The summed E-state index contributed by atoms with van der Waals surface area (Å²) in [5.74, 6) is -1.48. The van der Waals surface area contributed by atoms with E-state index in [-0.39, 0.29) is 9.39 Å². The van der Waals surface area contributed by atoms with Gasteiger partial charge in [-0.05, 0) is 28.7 Å². The van der Waals surface area contributed by atoms with Gasteiger partial charge in [0, 0.05) is 5.56 Å². The highest BCUT2D eigenvalue weighted by molar-refractivity contribution is 14.1. The molecule has 78 valence electrons. The van der Waals surface area contributed by atoms with Crippen LogP contribution in [0.2, 0.25) is 0 Å². The van der Waals surface area contributed by atoms with Crippen LogP contribution in [-0.4, -0.2) is 16.1 Å². The van der Waals surface area contributed by atoms with Gasteiger partial charge in [0.05, 0.1) is 0 Å². The van der Waals surface area contributed by atoms with Crippen molar-refractivity contribution in [3.63, 3.8) is 0 Å². The molecule has 0 radical (unpaired) electrons. The van der Waals surface area contributed by atoms with Crippen LogP contribution in [0, 0.1) is 15.0 Å². The molecule has 4 nitrogen and oxygen atoms in total. The van der Waals surface area contributed by atoms with Crippen LogP contribution in [0.3, 0.4) is 0 Å². The van der Waals surface area contributed by atoms with Crippen molar-refractivity contribution in [1.82, 2.24) is 4.98 Å². The first-order chi connectivity index (χ1) is 6.97. The molecule has 0 fully saturated rings. The van der Waals surface area contributed by atoms with Crippen LogP contribution in [0.4, 0.5) is 8.78 Å². The van der Waals surface area contributed by atoms with Gasteiger partial charge < -0.3 is 5.11 Å². The molecule has 0 aliphatic rings. The van der Waals surface area contributed by atoms with Crippen LogP contribution in [0.5, 0.6) is 0 Å². The number of halogens is 3. The molecular weight excluding hydrogens is 321 g/mol. The minimum Gasteiger partial charge on any atom is -0.478 e. The van der Waals surface area contributed by atoms with Crippen LogP contribution >= 0.6 is 22.6 Å². The van der Waals surface area contributed by atoms with Crippen molar-refractivity contribution < 1.29 is 18.7 Å². The first kappa shape index (κ1) is 11.8. The van der Waals surface area contributed by atoms with Gasteiger partial charge in [-0.15, -0.1) is 0 Å². The number of hydrogen-bond donors (Lipinski definition) is 1. The van der Waals surface area contributed by atoms with Gasteiger partial charge in [0.1, 0.15) is 21.0 Å². The zero-order valence-corrected chi connectivity index (χ0v) is 9.20. The molecule has 15 heavy (non-hydrogen) atoms. The topological polar surface area (TPSA) is 74.0 Å². The fourth-order valence-corrected chi connectivity index (χ4v) is 1.78. The lowest BCUT2D eigenvalue weighted by Crippen LogP contribution is -2.09. The Morgan fingerprint density at radius 3 is 2.67 bits per heavy atom. The smallest absolute Gasteiger partial charge is 0.338 e. The van der Waals surface area contributed by atoms with E-state index in [1.165, 1.54) is 22.6 Å². The van der Waals surface area contributed by atoms with Gasteiger partial charge in [0.2, 0.25) is 0 Å². The van der Waals surface area contributed by atoms with Crippen molar-refractivity contribution in [3.05, 3.63) is 26.6 Å². The molecule has 0 saturated heterocycles. The molecule has 0 spiro atoms. The third-order valence-corrected chi connectivity index (χ3v) is 2.35. The summed E-state index contributed by atoms with van der Waals surface area (Å²) in [6.45, 7) is 0. The number of aromatic nitrogens is 1. The number of rotatable bonds is 2. The van der Waals surface area contributed by atoms with Gasteiger partial charge in [-0.1, -0.05) is 0 Å². The number of alkyl halides is 2. The van der Waals surface area contributed by atoms with Crippen LogP contribution in [-0.2, 0) is 0 Å². The van der Waals surface area contributed by atoms with E-state index in [2.05, 4.69) is 4.98 Å². The van der Waals surface area contributed by atoms with Crippen molar-refractivity contribution in [2.45, 2.75) is 6.43 Å². The van der Waals surface area contributed by atoms with E-state index in [9.17, 15) is 13.6 Å². The maximum Gasteiger partial charge on any atom is 0.338 e. The highest BCUT2D eigenvalue weighted by atomic mass is 127. The van der Waals surface area contributed by atoms with E-state index >= 15 is 0 Å². The Kier molecular flexibility index (Phi) is 3.52. The van der Waals surface area contributed by atoms with E-state index < -0.39 is 23.5 Å². The number of carbonyl (C=O) groups is 1. The van der Waals surface area contributed by atoms with Gasteiger partial charge in [-0.25, -0.2) is 18.6 Å². The molecular formula is C8H3F2IN2O2. The number of aromatic carboxylic acids is 1. The zero-order chi connectivity index (χ0) is 11.6. The van der Waals surface area contributed by atoms with Crippen LogP contribution in [0.25, 0.3) is 0 Å². The lowest BCUT2D eigenvalue weighted by molar-refractivity contribution is 0.0682. The first-order valence-corrected chi connectivity index (χ1v) is 4.67. The summed E-state index contributed by atoms with van der Waals surface area (Å²) in [6, 6.07) is 2.38. The number of carboxylic acid groups (broad SMARTS) is 1. The minimum atomic E-state index is -2.94. The number of nitrogens with zero attached hydrogens (tertiary/aromatic N) is 2. The molecule has 0 aliphatic carbocycles. The molecule has 1 heterocycles. The summed E-state index contributed by atoms with van der Waals surface area (Å²) in [4.78, 5) is 14.3. The van der Waals surface area contributed by atoms with E-state index in [0.29, 0.717) is 0 Å². The Morgan fingerprint density at radius 1 is 1.67 bits per heavy atom. The highest BCUT2D eigenvalue weighted by Gasteiger charge is 2.22.